The van der Waals surface area contributed by atoms with Crippen LogP contribution in [-0.4, -0.2) is 51.8 Å². The molecule has 0 fully saturated rings. The lowest BCUT2D eigenvalue weighted by Gasteiger charge is -2.22. The highest BCUT2D eigenvalue weighted by atomic mass is 35.5. The molecule has 2 heterocycles. The lowest BCUT2D eigenvalue weighted by Crippen LogP contribution is -2.38. The minimum atomic E-state index is -1.07. The number of halogens is 3. The molecule has 3 rings (SSSR count). The first kappa shape index (κ1) is 20.4. The lowest BCUT2D eigenvalue weighted by atomic mass is 10.2. The molecule has 0 atom stereocenters. The average molecular weight is 447 g/mol. The molecule has 0 aliphatic rings. The van der Waals surface area contributed by atoms with Crippen molar-refractivity contribution in [2.75, 3.05) is 26.8 Å². The molecule has 0 unspecified atom stereocenters. The molecule has 1 amide bonds. The summed E-state index contributed by atoms with van der Waals surface area (Å²) >= 11 is 19.0. The number of benzene rings is 1. The van der Waals surface area contributed by atoms with Crippen LogP contribution < -0.4 is 0 Å². The van der Waals surface area contributed by atoms with E-state index in [1.807, 2.05) is 40.2 Å². The molecule has 2 aromatic heterocycles. The summed E-state index contributed by atoms with van der Waals surface area (Å²) in [5.74, 6) is -0.311. The molecule has 0 bridgehead atoms. The second-order valence-electron chi connectivity index (χ2n) is 5.88. The van der Waals surface area contributed by atoms with Crippen molar-refractivity contribution >= 4 is 57.0 Å². The molecule has 9 heteroatoms. The van der Waals surface area contributed by atoms with Crippen LogP contribution in [0.2, 0.25) is 5.02 Å². The Balaban J connectivity index is 1.76. The Morgan fingerprint density at radius 2 is 2.04 bits per heavy atom. The van der Waals surface area contributed by atoms with Crippen LogP contribution in [0, 0.1) is 0 Å². The van der Waals surface area contributed by atoms with Crippen LogP contribution in [0.1, 0.15) is 5.69 Å². The molecular formula is C18H18Cl3N3O2S. The summed E-state index contributed by atoms with van der Waals surface area (Å²) in [6.45, 7) is 1.37. The zero-order chi connectivity index (χ0) is 19.4. The Bertz CT molecular complexity index is 908. The van der Waals surface area contributed by atoms with E-state index in [0.29, 0.717) is 31.1 Å². The molecule has 5 nitrogen and oxygen atoms in total. The van der Waals surface area contributed by atoms with Crippen molar-refractivity contribution in [3.05, 3.63) is 46.6 Å². The fraction of sp³-hybridized carbons (Fsp3) is 0.333. The molecule has 0 saturated heterocycles. The molecule has 0 N–H and O–H groups in total. The van der Waals surface area contributed by atoms with Gasteiger partial charge in [-0.2, -0.15) is 0 Å². The number of hydrogen-bond acceptors (Lipinski definition) is 4. The Hall–Kier alpha value is -1.31. The minimum Gasteiger partial charge on any atom is -0.383 e. The standard InChI is InChI=1S/C18H18Cl3N3O2S/c1-26-9-8-23(17(25)16(20)21)7-6-14-11-27-18-22-15(10-24(14)18)12-2-4-13(19)5-3-12/h2-5,10-11,16H,6-9H2,1H3. The first-order valence-corrected chi connectivity index (χ1v) is 10.4. The van der Waals surface area contributed by atoms with Crippen LogP contribution in [0.3, 0.4) is 0 Å². The second kappa shape index (κ2) is 9.26. The van der Waals surface area contributed by atoms with Gasteiger partial charge in [0.1, 0.15) is 0 Å². The van der Waals surface area contributed by atoms with Crippen LogP contribution in [0.25, 0.3) is 16.2 Å². The number of ether oxygens (including phenoxy) is 1. The van der Waals surface area contributed by atoms with Gasteiger partial charge in [-0.15, -0.1) is 11.3 Å². The van der Waals surface area contributed by atoms with Gasteiger partial charge in [-0.05, 0) is 12.1 Å². The van der Waals surface area contributed by atoms with Crippen molar-refractivity contribution in [1.82, 2.24) is 14.3 Å². The molecule has 3 aromatic rings. The van der Waals surface area contributed by atoms with Gasteiger partial charge in [0.2, 0.25) is 0 Å². The van der Waals surface area contributed by atoms with E-state index in [0.717, 1.165) is 21.9 Å². The smallest absolute Gasteiger partial charge is 0.255 e. The molecule has 0 aliphatic heterocycles. The quantitative estimate of drug-likeness (QED) is 0.477. The highest BCUT2D eigenvalue weighted by molar-refractivity contribution is 7.15. The van der Waals surface area contributed by atoms with Crippen molar-refractivity contribution in [3.63, 3.8) is 0 Å². The number of alkyl halides is 2. The van der Waals surface area contributed by atoms with E-state index in [2.05, 4.69) is 4.98 Å². The van der Waals surface area contributed by atoms with E-state index in [9.17, 15) is 4.79 Å². The number of hydrogen-bond donors (Lipinski definition) is 0. The van der Waals surface area contributed by atoms with Gasteiger partial charge in [0.05, 0.1) is 12.3 Å². The summed E-state index contributed by atoms with van der Waals surface area (Å²) in [5, 5.41) is 2.74. The molecule has 144 valence electrons. The van der Waals surface area contributed by atoms with Gasteiger partial charge in [0, 0.05) is 54.5 Å². The summed E-state index contributed by atoms with van der Waals surface area (Å²) in [6.07, 6.45) is 2.66. The monoisotopic (exact) mass is 445 g/mol. The maximum absolute atomic E-state index is 12.2. The van der Waals surface area contributed by atoms with Crippen LogP contribution in [-0.2, 0) is 16.0 Å². The minimum absolute atomic E-state index is 0.311. The number of nitrogens with zero attached hydrogens (tertiary/aromatic N) is 3. The lowest BCUT2D eigenvalue weighted by molar-refractivity contribution is -0.129. The van der Waals surface area contributed by atoms with Gasteiger partial charge in [-0.3, -0.25) is 9.20 Å². The largest absolute Gasteiger partial charge is 0.383 e. The van der Waals surface area contributed by atoms with Crippen molar-refractivity contribution < 1.29 is 9.53 Å². The van der Waals surface area contributed by atoms with E-state index in [4.69, 9.17) is 39.5 Å². The zero-order valence-electron chi connectivity index (χ0n) is 14.6. The molecule has 0 radical (unpaired) electrons. The molecular weight excluding hydrogens is 429 g/mol. The van der Waals surface area contributed by atoms with Crippen molar-refractivity contribution in [2.45, 2.75) is 11.3 Å². The van der Waals surface area contributed by atoms with Gasteiger partial charge < -0.3 is 9.64 Å². The maximum atomic E-state index is 12.2. The normalized spacial score (nSPS) is 11.4. The number of aromatic nitrogens is 2. The number of carbonyl (C=O) groups excluding carboxylic acids is 1. The molecule has 0 aliphatic carbocycles. The number of amides is 1. The Morgan fingerprint density at radius 1 is 1.30 bits per heavy atom. The summed E-state index contributed by atoms with van der Waals surface area (Å²) in [5.41, 5.74) is 2.96. The fourth-order valence-electron chi connectivity index (χ4n) is 2.69. The first-order chi connectivity index (χ1) is 13.0. The molecule has 1 aromatic carbocycles. The third-order valence-corrected chi connectivity index (χ3v) is 5.64. The highest BCUT2D eigenvalue weighted by Crippen LogP contribution is 2.25. The summed E-state index contributed by atoms with van der Waals surface area (Å²) in [7, 11) is 1.59. The third-order valence-electron chi connectivity index (χ3n) is 4.12. The molecule has 0 spiro atoms. The topological polar surface area (TPSA) is 46.8 Å². The number of imidazole rings is 1. The Kier molecular flexibility index (Phi) is 7.00. The number of rotatable bonds is 8. The third kappa shape index (κ3) is 4.95. The SMILES string of the molecule is COCCN(CCc1csc2nc(-c3ccc(Cl)cc3)cn12)C(=O)C(Cl)Cl. The summed E-state index contributed by atoms with van der Waals surface area (Å²) in [6, 6.07) is 7.58. The van der Waals surface area contributed by atoms with Gasteiger partial charge in [-0.25, -0.2) is 4.98 Å². The average Bonchev–Trinajstić information content (AvgIpc) is 3.23. The number of fused-ring (bicyclic) bond motifs is 1. The van der Waals surface area contributed by atoms with Gasteiger partial charge in [-0.1, -0.05) is 46.9 Å². The van der Waals surface area contributed by atoms with Crippen molar-refractivity contribution in [1.29, 1.82) is 0 Å². The number of methoxy groups -OCH3 is 1. The van der Waals surface area contributed by atoms with Crippen LogP contribution in [0.4, 0.5) is 0 Å². The first-order valence-electron chi connectivity index (χ1n) is 8.27. The fourth-order valence-corrected chi connectivity index (χ4v) is 4.00. The highest BCUT2D eigenvalue weighted by Gasteiger charge is 2.20. The predicted octanol–water partition coefficient (Wildman–Crippen LogP) is 4.54. The van der Waals surface area contributed by atoms with E-state index in [1.54, 1.807) is 23.3 Å². The number of thiazole rings is 1. The van der Waals surface area contributed by atoms with E-state index in [1.165, 1.54) is 0 Å². The summed E-state index contributed by atoms with van der Waals surface area (Å²) in [4.78, 5) is 18.3. The second-order valence-corrected chi connectivity index (χ2v) is 8.25. The van der Waals surface area contributed by atoms with Crippen LogP contribution in [0.15, 0.2) is 35.8 Å². The number of carbonyl (C=O) groups is 1. The van der Waals surface area contributed by atoms with Crippen LogP contribution >= 0.6 is 46.1 Å². The summed E-state index contributed by atoms with van der Waals surface area (Å²) < 4.78 is 7.12. The molecule has 27 heavy (non-hydrogen) atoms. The van der Waals surface area contributed by atoms with E-state index < -0.39 is 4.84 Å². The van der Waals surface area contributed by atoms with E-state index >= 15 is 0 Å². The van der Waals surface area contributed by atoms with Crippen LogP contribution in [0.5, 0.6) is 0 Å². The Morgan fingerprint density at radius 3 is 2.70 bits per heavy atom. The van der Waals surface area contributed by atoms with E-state index in [-0.39, 0.29) is 5.91 Å². The van der Waals surface area contributed by atoms with Crippen molar-refractivity contribution in [2.24, 2.45) is 0 Å². The van der Waals surface area contributed by atoms with Gasteiger partial charge in [0.25, 0.3) is 5.91 Å². The van der Waals surface area contributed by atoms with Gasteiger partial charge >= 0.3 is 0 Å². The predicted molar refractivity (Wildman–Crippen MR) is 111 cm³/mol. The van der Waals surface area contributed by atoms with Gasteiger partial charge in [0.15, 0.2) is 9.80 Å². The maximum Gasteiger partial charge on any atom is 0.255 e. The van der Waals surface area contributed by atoms with Crippen molar-refractivity contribution in [3.8, 4) is 11.3 Å². The molecule has 0 saturated carbocycles. The zero-order valence-corrected chi connectivity index (χ0v) is 17.7. The Labute approximate surface area is 176 Å².